The van der Waals surface area contributed by atoms with Gasteiger partial charge in [0.05, 0.1) is 5.54 Å². The minimum atomic E-state index is -4.90. The highest BCUT2D eigenvalue weighted by atomic mass is 19.4. The molecule has 1 amide bonds. The molecule has 18 heavy (non-hydrogen) atoms. The molecule has 0 aliphatic carbocycles. The number of halogens is 3. The molecule has 0 radical (unpaired) electrons. The fourth-order valence-corrected chi connectivity index (χ4v) is 1.92. The molecule has 1 aliphatic heterocycles. The van der Waals surface area contributed by atoms with Crippen LogP contribution in [0.4, 0.5) is 13.2 Å². The number of nitrogens with two attached hydrogens (primary N) is 1. The van der Waals surface area contributed by atoms with E-state index in [1.54, 1.807) is 0 Å². The van der Waals surface area contributed by atoms with Crippen LogP contribution in [0.15, 0.2) is 0 Å². The average Bonchev–Trinajstić information content (AvgIpc) is 2.59. The summed E-state index contributed by atoms with van der Waals surface area (Å²) >= 11 is 0. The van der Waals surface area contributed by atoms with Crippen LogP contribution >= 0.6 is 0 Å². The predicted molar refractivity (Wildman–Crippen MR) is 55.6 cm³/mol. The minimum absolute atomic E-state index is 0.259. The molecule has 8 heteroatoms. The van der Waals surface area contributed by atoms with Gasteiger partial charge in [0.1, 0.15) is 0 Å². The lowest BCUT2D eigenvalue weighted by atomic mass is 9.86. The highest BCUT2D eigenvalue weighted by Gasteiger charge is 2.64. The number of carbonyl (C=O) groups is 2. The Bertz CT molecular complexity index is 376. The first kappa shape index (κ1) is 14.7. The average molecular weight is 268 g/mol. The van der Waals surface area contributed by atoms with E-state index in [-0.39, 0.29) is 6.54 Å². The molecule has 0 saturated carbocycles. The van der Waals surface area contributed by atoms with Crippen molar-refractivity contribution in [1.29, 1.82) is 0 Å². The molecule has 0 aromatic carbocycles. The van der Waals surface area contributed by atoms with Gasteiger partial charge >= 0.3 is 12.1 Å². The van der Waals surface area contributed by atoms with Crippen molar-refractivity contribution in [1.82, 2.24) is 4.90 Å². The number of carboxylic acids is 1. The van der Waals surface area contributed by atoms with Crippen LogP contribution < -0.4 is 5.73 Å². The molecule has 1 unspecified atom stereocenters. The lowest BCUT2D eigenvalue weighted by molar-refractivity contribution is -0.227. The van der Waals surface area contributed by atoms with Gasteiger partial charge in [0.25, 0.3) is 0 Å². The van der Waals surface area contributed by atoms with E-state index in [0.29, 0.717) is 0 Å². The van der Waals surface area contributed by atoms with Crippen molar-refractivity contribution in [3.8, 4) is 0 Å². The van der Waals surface area contributed by atoms with Gasteiger partial charge in [-0.05, 0) is 20.3 Å². The second kappa shape index (κ2) is 4.11. The van der Waals surface area contributed by atoms with E-state index in [4.69, 9.17) is 10.8 Å². The molecule has 0 bridgehead atoms. The summed E-state index contributed by atoms with van der Waals surface area (Å²) in [5, 5.41) is 8.81. The molecule has 1 heterocycles. The molecule has 0 spiro atoms. The van der Waals surface area contributed by atoms with Gasteiger partial charge in [-0.15, -0.1) is 0 Å². The lowest BCUT2D eigenvalue weighted by Crippen LogP contribution is -2.53. The molecular weight excluding hydrogens is 253 g/mol. The second-order valence-electron chi connectivity index (χ2n) is 5.08. The van der Waals surface area contributed by atoms with E-state index in [1.807, 2.05) is 0 Å². The molecule has 104 valence electrons. The standard InChI is InChI=1S/C10H15F3N2O3/c1-8(2,14)6(16)15-4-3-9(5-15,7(17)18)10(11,12)13/h3-5,14H2,1-2H3,(H,17,18). The summed E-state index contributed by atoms with van der Waals surface area (Å²) in [5.74, 6) is -2.64. The van der Waals surface area contributed by atoms with Crippen LogP contribution in [0.1, 0.15) is 20.3 Å². The van der Waals surface area contributed by atoms with Crippen molar-refractivity contribution in [2.45, 2.75) is 32.0 Å². The van der Waals surface area contributed by atoms with Crippen molar-refractivity contribution in [3.63, 3.8) is 0 Å². The third-order valence-electron chi connectivity index (χ3n) is 3.06. The maximum atomic E-state index is 12.8. The molecule has 1 saturated heterocycles. The number of nitrogens with zero attached hydrogens (tertiary/aromatic N) is 1. The fourth-order valence-electron chi connectivity index (χ4n) is 1.92. The van der Waals surface area contributed by atoms with E-state index >= 15 is 0 Å². The first-order valence-corrected chi connectivity index (χ1v) is 5.30. The lowest BCUT2D eigenvalue weighted by Gasteiger charge is -2.29. The van der Waals surface area contributed by atoms with Crippen LogP contribution in [0.3, 0.4) is 0 Å². The van der Waals surface area contributed by atoms with Crippen molar-refractivity contribution in [3.05, 3.63) is 0 Å². The number of alkyl halides is 3. The van der Waals surface area contributed by atoms with Gasteiger partial charge in [-0.2, -0.15) is 13.2 Å². The molecule has 1 fully saturated rings. The number of amides is 1. The highest BCUT2D eigenvalue weighted by Crippen LogP contribution is 2.45. The summed E-state index contributed by atoms with van der Waals surface area (Å²) in [7, 11) is 0. The zero-order chi connectivity index (χ0) is 14.4. The van der Waals surface area contributed by atoms with Gasteiger partial charge in [0.15, 0.2) is 5.41 Å². The van der Waals surface area contributed by atoms with E-state index in [0.717, 1.165) is 4.90 Å². The normalized spacial score (nSPS) is 25.3. The number of hydrogen-bond donors (Lipinski definition) is 2. The number of hydrogen-bond acceptors (Lipinski definition) is 3. The monoisotopic (exact) mass is 268 g/mol. The van der Waals surface area contributed by atoms with Crippen LogP contribution in [0.5, 0.6) is 0 Å². The Hall–Kier alpha value is -1.31. The van der Waals surface area contributed by atoms with Crippen LogP contribution in [-0.2, 0) is 9.59 Å². The van der Waals surface area contributed by atoms with E-state index in [2.05, 4.69) is 0 Å². The van der Waals surface area contributed by atoms with Gasteiger partial charge in [0, 0.05) is 13.1 Å². The Balaban J connectivity index is 2.99. The van der Waals surface area contributed by atoms with Crippen LogP contribution in [-0.4, -0.2) is 46.7 Å². The van der Waals surface area contributed by atoms with E-state index in [1.165, 1.54) is 13.8 Å². The van der Waals surface area contributed by atoms with Gasteiger partial charge in [-0.25, -0.2) is 0 Å². The Morgan fingerprint density at radius 1 is 1.33 bits per heavy atom. The molecule has 5 nitrogen and oxygen atoms in total. The Kier molecular flexibility index (Phi) is 3.37. The van der Waals surface area contributed by atoms with Gasteiger partial charge in [-0.3, -0.25) is 9.59 Å². The maximum absolute atomic E-state index is 12.8. The highest BCUT2D eigenvalue weighted by molar-refractivity contribution is 5.87. The molecule has 1 rings (SSSR count). The summed E-state index contributed by atoms with van der Waals surface area (Å²) in [6, 6.07) is 0. The van der Waals surface area contributed by atoms with Gasteiger partial charge < -0.3 is 15.7 Å². The Labute approximate surface area is 102 Å². The Morgan fingerprint density at radius 3 is 2.11 bits per heavy atom. The summed E-state index contributed by atoms with van der Waals surface area (Å²) in [5.41, 5.74) is 1.31. The first-order valence-electron chi connectivity index (χ1n) is 5.30. The van der Waals surface area contributed by atoms with Crippen LogP contribution in [0.2, 0.25) is 0 Å². The summed E-state index contributed by atoms with van der Waals surface area (Å²) in [6.45, 7) is 1.59. The van der Waals surface area contributed by atoms with Crippen molar-refractivity contribution >= 4 is 11.9 Å². The summed E-state index contributed by atoms with van der Waals surface area (Å²) < 4.78 is 38.5. The van der Waals surface area contributed by atoms with Gasteiger partial charge in [-0.1, -0.05) is 0 Å². The topological polar surface area (TPSA) is 83.6 Å². The molecule has 0 aromatic heterocycles. The molecule has 1 atom stereocenters. The summed E-state index contributed by atoms with van der Waals surface area (Å²) in [6.07, 6.45) is -5.54. The Morgan fingerprint density at radius 2 is 1.83 bits per heavy atom. The van der Waals surface area contributed by atoms with Crippen LogP contribution in [0.25, 0.3) is 0 Å². The zero-order valence-electron chi connectivity index (χ0n) is 10.0. The fraction of sp³-hybridized carbons (Fsp3) is 0.800. The van der Waals surface area contributed by atoms with Crippen molar-refractivity contribution in [2.75, 3.05) is 13.1 Å². The van der Waals surface area contributed by atoms with Crippen molar-refractivity contribution < 1.29 is 27.9 Å². The maximum Gasteiger partial charge on any atom is 0.406 e. The van der Waals surface area contributed by atoms with E-state index < -0.39 is 42.0 Å². The third kappa shape index (κ3) is 2.29. The van der Waals surface area contributed by atoms with Crippen LogP contribution in [0, 0.1) is 5.41 Å². The first-order chi connectivity index (χ1) is 7.92. The van der Waals surface area contributed by atoms with Crippen molar-refractivity contribution in [2.24, 2.45) is 11.1 Å². The molecule has 3 N–H and O–H groups in total. The smallest absolute Gasteiger partial charge is 0.406 e. The summed E-state index contributed by atoms with van der Waals surface area (Å²) in [4.78, 5) is 23.5. The SMILES string of the molecule is CC(C)(N)C(=O)N1CCC(C(=O)O)(C(F)(F)F)C1. The zero-order valence-corrected chi connectivity index (χ0v) is 10.0. The number of carboxylic acid groups (broad SMARTS) is 1. The quantitative estimate of drug-likeness (QED) is 0.767. The number of likely N-dealkylation sites (tertiary alicyclic amines) is 1. The number of aliphatic carboxylic acids is 1. The third-order valence-corrected chi connectivity index (χ3v) is 3.06. The largest absolute Gasteiger partial charge is 0.481 e. The minimum Gasteiger partial charge on any atom is -0.481 e. The van der Waals surface area contributed by atoms with E-state index in [9.17, 15) is 22.8 Å². The molecule has 1 aliphatic rings. The molecular formula is C10H15F3N2O3. The second-order valence-corrected chi connectivity index (χ2v) is 5.08. The number of carbonyl (C=O) groups excluding carboxylic acids is 1. The predicted octanol–water partition coefficient (Wildman–Crippen LogP) is 0.589. The van der Waals surface area contributed by atoms with Gasteiger partial charge in [0.2, 0.25) is 5.91 Å². The number of rotatable bonds is 2. The molecule has 0 aromatic rings.